The van der Waals surface area contributed by atoms with E-state index in [1.54, 1.807) is 122 Å². The van der Waals surface area contributed by atoms with Gasteiger partial charge in [0.15, 0.2) is 0 Å². The van der Waals surface area contributed by atoms with Crippen molar-refractivity contribution in [3.8, 4) is 34.0 Å². The van der Waals surface area contributed by atoms with E-state index in [1.807, 2.05) is 0 Å². The van der Waals surface area contributed by atoms with Crippen molar-refractivity contribution in [1.29, 1.82) is 0 Å². The number of carboxylic acids is 1. The van der Waals surface area contributed by atoms with Gasteiger partial charge >= 0.3 is 13.7 Å². The molecule has 0 fully saturated rings. The zero-order chi connectivity index (χ0) is 40.2. The smallest absolute Gasteiger partial charge is 0.478 e. The summed E-state index contributed by atoms with van der Waals surface area (Å²) in [6.45, 7) is 0. The molecule has 0 amide bonds. The number of pyridine rings is 4. The molecule has 4 heterocycles. The lowest BCUT2D eigenvalue weighted by Crippen LogP contribution is -2.00. The summed E-state index contributed by atoms with van der Waals surface area (Å²) < 4.78 is 48.4. The van der Waals surface area contributed by atoms with Crippen molar-refractivity contribution in [2.24, 2.45) is 4.88 Å². The lowest BCUT2D eigenvalue weighted by Gasteiger charge is -2.14. The predicted molar refractivity (Wildman–Crippen MR) is 226 cm³/mol. The van der Waals surface area contributed by atoms with Crippen LogP contribution in [0.4, 0.5) is 14.5 Å². The summed E-state index contributed by atoms with van der Waals surface area (Å²) in [6.07, 6.45) is 6.38. The Balaban J connectivity index is 0.000000192. The van der Waals surface area contributed by atoms with E-state index in [1.165, 1.54) is 36.5 Å². The van der Waals surface area contributed by atoms with Crippen LogP contribution < -0.4 is 14.8 Å². The fourth-order valence-electron chi connectivity index (χ4n) is 5.21. The van der Waals surface area contributed by atoms with Crippen LogP contribution in [0.1, 0.15) is 25.2 Å². The number of para-hydroxylation sites is 2. The quantitative estimate of drug-likeness (QED) is 0.0643. The number of nitrogen functional groups attached to an aromatic ring is 1. The van der Waals surface area contributed by atoms with Crippen molar-refractivity contribution in [2.45, 2.75) is 14.9 Å². The third-order valence-electron chi connectivity index (χ3n) is 7.84. The minimum absolute atomic E-state index is 0. The Labute approximate surface area is 338 Å². The Morgan fingerprint density at radius 2 is 1.12 bits per heavy atom. The number of carboxylic acid groups (broad SMARTS) is 1. The number of carbonyl (C=O) groups is 1. The highest BCUT2D eigenvalue weighted by molar-refractivity contribution is 7.53. The van der Waals surface area contributed by atoms with E-state index < -0.39 is 13.7 Å². The highest BCUT2D eigenvalue weighted by atomic mass is 31.2. The number of hydrogen-bond donors (Lipinski definition) is 2. The van der Waals surface area contributed by atoms with E-state index in [0.29, 0.717) is 39.3 Å². The number of benzene rings is 4. The number of hydrogen-bond acceptors (Lipinski definition) is 9. The predicted octanol–water partition coefficient (Wildman–Crippen LogP) is 12.0. The monoisotopic (exact) mass is 814 g/mol. The first kappa shape index (κ1) is 44.0. The molecular weight excluding hydrogens is 777 g/mol. The summed E-state index contributed by atoms with van der Waals surface area (Å²) in [6, 6.07) is 35.4. The minimum Gasteiger partial charge on any atom is -0.478 e. The number of aromatic nitrogens is 4. The molecular formula is C43H37F2N8O5P. The molecule has 8 rings (SSSR count). The Hall–Kier alpha value is -7.73. The zero-order valence-electron chi connectivity index (χ0n) is 29.5. The van der Waals surface area contributed by atoms with E-state index in [4.69, 9.17) is 20.3 Å². The van der Waals surface area contributed by atoms with Crippen molar-refractivity contribution >= 4 is 41.2 Å². The second-order valence-corrected chi connectivity index (χ2v) is 13.2. The van der Waals surface area contributed by atoms with Gasteiger partial charge in [0.05, 0.1) is 28.0 Å². The van der Waals surface area contributed by atoms with Gasteiger partial charge in [-0.05, 0) is 103 Å². The molecule has 0 saturated heterocycles. The van der Waals surface area contributed by atoms with Crippen LogP contribution >= 0.6 is 7.75 Å². The summed E-state index contributed by atoms with van der Waals surface area (Å²) in [7, 11) is -3.95. The molecule has 298 valence electrons. The van der Waals surface area contributed by atoms with Crippen molar-refractivity contribution in [1.82, 2.24) is 19.9 Å². The van der Waals surface area contributed by atoms with Gasteiger partial charge in [-0.25, -0.2) is 28.1 Å². The maximum Gasteiger partial charge on any atom is 0.525 e. The lowest BCUT2D eigenvalue weighted by atomic mass is 10.1. The highest BCUT2D eigenvalue weighted by Gasteiger charge is 2.26. The molecule has 0 saturated carbocycles. The summed E-state index contributed by atoms with van der Waals surface area (Å²) in [5.41, 5.74) is 19.2. The Bertz CT molecular complexity index is 2700. The van der Waals surface area contributed by atoms with Gasteiger partial charge in [-0.3, -0.25) is 9.97 Å². The number of halogens is 2. The third-order valence-corrected chi connectivity index (χ3v) is 9.02. The minimum atomic E-state index is -3.95. The molecule has 0 aliphatic carbocycles. The maximum absolute atomic E-state index is 12.9. The van der Waals surface area contributed by atoms with Crippen LogP contribution in [0.5, 0.6) is 11.5 Å². The van der Waals surface area contributed by atoms with Crippen molar-refractivity contribution in [3.05, 3.63) is 186 Å². The van der Waals surface area contributed by atoms with Gasteiger partial charge in [0.1, 0.15) is 23.1 Å². The van der Waals surface area contributed by atoms with Crippen LogP contribution in [0.3, 0.4) is 0 Å². The largest absolute Gasteiger partial charge is 0.525 e. The first-order chi connectivity index (χ1) is 27.6. The lowest BCUT2D eigenvalue weighted by molar-refractivity contribution is 0.0699. The fraction of sp³-hybridized carbons (Fsp3) is 0.0465. The number of aromatic carboxylic acids is 1. The Kier molecular flexibility index (Phi) is 15.2. The molecule has 0 bridgehead atoms. The van der Waals surface area contributed by atoms with E-state index in [2.05, 4.69) is 29.7 Å². The SMILES string of the molecule is C.C.Nc1cc(-c2ccc(F)cc2)nc2ccncc12.O=C(O)c1cc(-c2ccc(F)cc2)nc2ccncc12.[N-]=[N+]=NP(=O)(Oc1ccccc1)Oc1ccccc1. The van der Waals surface area contributed by atoms with E-state index in [9.17, 15) is 23.2 Å². The van der Waals surface area contributed by atoms with Gasteiger partial charge in [-0.1, -0.05) is 51.3 Å². The molecule has 16 heteroatoms. The Morgan fingerprint density at radius 3 is 1.58 bits per heavy atom. The van der Waals surface area contributed by atoms with E-state index >= 15 is 0 Å². The average molecular weight is 815 g/mol. The third kappa shape index (κ3) is 11.6. The molecule has 59 heavy (non-hydrogen) atoms. The summed E-state index contributed by atoms with van der Waals surface area (Å²) >= 11 is 0. The van der Waals surface area contributed by atoms with Gasteiger partial charge in [0.2, 0.25) is 0 Å². The fourth-order valence-corrected chi connectivity index (χ4v) is 6.19. The van der Waals surface area contributed by atoms with Crippen LogP contribution in [0, 0.1) is 11.6 Å². The van der Waals surface area contributed by atoms with Crippen molar-refractivity contribution in [2.75, 3.05) is 5.73 Å². The first-order valence-corrected chi connectivity index (χ1v) is 18.3. The molecule has 0 radical (unpaired) electrons. The maximum atomic E-state index is 12.9. The molecule has 0 atom stereocenters. The number of fused-ring (bicyclic) bond motifs is 2. The van der Waals surface area contributed by atoms with E-state index in [0.717, 1.165) is 22.2 Å². The Morgan fingerprint density at radius 1 is 0.678 bits per heavy atom. The molecule has 0 spiro atoms. The summed E-state index contributed by atoms with van der Waals surface area (Å²) in [5, 5.41) is 10.6. The topological polar surface area (TPSA) is 199 Å². The number of nitrogens with zero attached hydrogens (tertiary/aromatic N) is 7. The van der Waals surface area contributed by atoms with Crippen molar-refractivity contribution in [3.63, 3.8) is 0 Å². The van der Waals surface area contributed by atoms with Gasteiger partial charge in [0.25, 0.3) is 0 Å². The molecule has 3 N–H and O–H groups in total. The van der Waals surface area contributed by atoms with Gasteiger partial charge in [-0.2, -0.15) is 0 Å². The van der Waals surface area contributed by atoms with Gasteiger partial charge in [-0.15, -0.1) is 0 Å². The number of rotatable bonds is 8. The van der Waals surface area contributed by atoms with Crippen LogP contribution in [-0.4, -0.2) is 31.0 Å². The van der Waals surface area contributed by atoms with Crippen LogP contribution in [0.2, 0.25) is 0 Å². The summed E-state index contributed by atoms with van der Waals surface area (Å²) in [4.78, 5) is 33.8. The van der Waals surface area contributed by atoms with Gasteiger partial charge < -0.3 is 19.9 Å². The zero-order valence-corrected chi connectivity index (χ0v) is 30.4. The standard InChI is InChI=1S/C15H9FN2O2.C14H10FN3.C12H10N3O3P.2CH4/c16-10-3-1-9(2-4-10)14-7-11(15(19)20)12-8-17-6-5-13(12)18-14;15-10-3-1-9(2-4-10)14-7-12(16)11-8-17-6-5-13(11)18-14;13-14-15-19(16,17-11-7-3-1-4-8-11)18-12-9-5-2-6-10-12;;/h1-8H,(H,19,20);1-8H,(H2,16,18);1-10H;2*1H4. The van der Waals surface area contributed by atoms with Crippen LogP contribution in [0.25, 0.3) is 54.8 Å². The number of azide groups is 1. The number of nitrogens with two attached hydrogens (primary N) is 1. The first-order valence-electron chi connectivity index (χ1n) is 16.8. The number of anilines is 1. The van der Waals surface area contributed by atoms with Crippen LogP contribution in [0.15, 0.2) is 163 Å². The van der Waals surface area contributed by atoms with Crippen LogP contribution in [-0.2, 0) is 4.57 Å². The van der Waals surface area contributed by atoms with E-state index in [-0.39, 0.29) is 32.1 Å². The molecule has 0 aliphatic heterocycles. The van der Waals surface area contributed by atoms with Gasteiger partial charge in [0, 0.05) is 62.2 Å². The normalized spacial score (nSPS) is 10.2. The van der Waals surface area contributed by atoms with Crippen molar-refractivity contribution < 1.29 is 32.3 Å². The second kappa shape index (κ2) is 20.4. The molecule has 4 aromatic carbocycles. The summed E-state index contributed by atoms with van der Waals surface area (Å²) in [5.74, 6) is -1.06. The molecule has 13 nitrogen and oxygen atoms in total. The molecule has 8 aromatic rings. The molecule has 0 aliphatic rings. The molecule has 4 aromatic heterocycles. The average Bonchev–Trinajstić information content (AvgIpc) is 3.22. The molecule has 0 unspecified atom stereocenters. The second-order valence-electron chi connectivity index (χ2n) is 11.7. The highest BCUT2D eigenvalue weighted by Crippen LogP contribution is 2.50.